The van der Waals surface area contributed by atoms with Gasteiger partial charge in [-0.15, -0.1) is 0 Å². The maximum absolute atomic E-state index is 12.9. The standard InChI is InChI=1S/C16H30FN3O2/c1-15(2,3)22-14(21)20-8-4-13(5-9-20)19-10-6-16(18,12-17)7-11-19/h13H,4-12,18H2,1-3H3. The van der Waals surface area contributed by atoms with E-state index in [-0.39, 0.29) is 6.09 Å². The van der Waals surface area contributed by atoms with E-state index in [9.17, 15) is 9.18 Å². The Bertz CT molecular complexity index is 381. The second-order valence-electron chi connectivity index (χ2n) is 7.73. The molecule has 128 valence electrons. The number of alkyl halides is 1. The third-order valence-electron chi connectivity index (χ3n) is 4.69. The summed E-state index contributed by atoms with van der Waals surface area (Å²) < 4.78 is 18.3. The zero-order valence-electron chi connectivity index (χ0n) is 14.1. The van der Waals surface area contributed by atoms with Gasteiger partial charge in [-0.1, -0.05) is 0 Å². The largest absolute Gasteiger partial charge is 0.444 e. The summed E-state index contributed by atoms with van der Waals surface area (Å²) in [5.74, 6) is 0. The van der Waals surface area contributed by atoms with E-state index in [1.54, 1.807) is 4.90 Å². The van der Waals surface area contributed by atoms with Gasteiger partial charge in [0.15, 0.2) is 0 Å². The van der Waals surface area contributed by atoms with Gasteiger partial charge < -0.3 is 20.3 Å². The van der Waals surface area contributed by atoms with Crippen LogP contribution in [0, 0.1) is 0 Å². The molecule has 0 saturated carbocycles. The van der Waals surface area contributed by atoms with E-state index >= 15 is 0 Å². The normalized spacial score (nSPS) is 24.3. The van der Waals surface area contributed by atoms with Crippen LogP contribution in [0.5, 0.6) is 0 Å². The van der Waals surface area contributed by atoms with Crippen molar-refractivity contribution in [2.45, 2.75) is 63.6 Å². The third-order valence-corrected chi connectivity index (χ3v) is 4.69. The Balaban J connectivity index is 1.77. The molecule has 0 aromatic carbocycles. The lowest BCUT2D eigenvalue weighted by atomic mass is 9.88. The molecule has 0 bridgehead atoms. The van der Waals surface area contributed by atoms with E-state index in [4.69, 9.17) is 10.5 Å². The summed E-state index contributed by atoms with van der Waals surface area (Å²) in [4.78, 5) is 16.3. The maximum atomic E-state index is 12.9. The SMILES string of the molecule is CC(C)(C)OC(=O)N1CCC(N2CCC(N)(CF)CC2)CC1. The van der Waals surface area contributed by atoms with Gasteiger partial charge in [0.25, 0.3) is 0 Å². The van der Waals surface area contributed by atoms with Crippen LogP contribution in [-0.2, 0) is 4.74 Å². The van der Waals surface area contributed by atoms with Crippen molar-refractivity contribution in [2.24, 2.45) is 5.73 Å². The highest BCUT2D eigenvalue weighted by atomic mass is 19.1. The van der Waals surface area contributed by atoms with Crippen LogP contribution in [0.2, 0.25) is 0 Å². The van der Waals surface area contributed by atoms with E-state index in [1.807, 2.05) is 20.8 Å². The summed E-state index contributed by atoms with van der Waals surface area (Å²) in [6.45, 7) is 8.40. The van der Waals surface area contributed by atoms with Crippen LogP contribution in [-0.4, -0.2) is 65.9 Å². The van der Waals surface area contributed by atoms with E-state index in [0.29, 0.717) is 6.04 Å². The first kappa shape index (κ1) is 17.5. The number of ether oxygens (including phenoxy) is 1. The minimum Gasteiger partial charge on any atom is -0.444 e. The van der Waals surface area contributed by atoms with Crippen LogP contribution >= 0.6 is 0 Å². The molecule has 2 aliphatic rings. The monoisotopic (exact) mass is 315 g/mol. The molecule has 2 rings (SSSR count). The molecule has 2 heterocycles. The smallest absolute Gasteiger partial charge is 0.410 e. The summed E-state index contributed by atoms with van der Waals surface area (Å²) in [5, 5.41) is 0. The van der Waals surface area contributed by atoms with Gasteiger partial charge in [-0.2, -0.15) is 0 Å². The fraction of sp³-hybridized carbons (Fsp3) is 0.938. The Kier molecular flexibility index (Phi) is 5.33. The molecule has 6 heteroatoms. The number of halogens is 1. The molecule has 0 aromatic rings. The molecule has 0 spiro atoms. The molecule has 2 fully saturated rings. The first-order valence-electron chi connectivity index (χ1n) is 8.29. The number of nitrogens with two attached hydrogens (primary N) is 1. The molecule has 0 unspecified atom stereocenters. The van der Waals surface area contributed by atoms with Gasteiger partial charge in [-0.05, 0) is 46.5 Å². The molecule has 0 aromatic heterocycles. The summed E-state index contributed by atoms with van der Waals surface area (Å²) in [5.41, 5.74) is 4.94. The van der Waals surface area contributed by atoms with Gasteiger partial charge >= 0.3 is 6.09 Å². The van der Waals surface area contributed by atoms with Gasteiger partial charge in [0.05, 0.1) is 0 Å². The molecule has 0 radical (unpaired) electrons. The highest BCUT2D eigenvalue weighted by Gasteiger charge is 2.35. The summed E-state index contributed by atoms with van der Waals surface area (Å²) in [6.07, 6.45) is 3.12. The summed E-state index contributed by atoms with van der Waals surface area (Å²) >= 11 is 0. The first-order chi connectivity index (χ1) is 10.2. The minimum atomic E-state index is -0.617. The van der Waals surface area contributed by atoms with Gasteiger partial charge in [0.2, 0.25) is 0 Å². The molecule has 5 nitrogen and oxygen atoms in total. The summed E-state index contributed by atoms with van der Waals surface area (Å²) in [7, 11) is 0. The van der Waals surface area contributed by atoms with E-state index in [1.165, 1.54) is 0 Å². The van der Waals surface area contributed by atoms with E-state index < -0.39 is 17.8 Å². The molecule has 2 aliphatic heterocycles. The fourth-order valence-electron chi connectivity index (χ4n) is 3.21. The first-order valence-corrected chi connectivity index (χ1v) is 8.29. The van der Waals surface area contributed by atoms with Crippen molar-refractivity contribution in [3.8, 4) is 0 Å². The van der Waals surface area contributed by atoms with Crippen LogP contribution in [0.15, 0.2) is 0 Å². The van der Waals surface area contributed by atoms with E-state index in [2.05, 4.69) is 4.90 Å². The van der Waals surface area contributed by atoms with Crippen molar-refractivity contribution in [2.75, 3.05) is 32.9 Å². The molecule has 2 saturated heterocycles. The Morgan fingerprint density at radius 2 is 1.77 bits per heavy atom. The third kappa shape index (κ3) is 4.56. The quantitative estimate of drug-likeness (QED) is 0.848. The fourth-order valence-corrected chi connectivity index (χ4v) is 3.21. The van der Waals surface area contributed by atoms with Crippen molar-refractivity contribution < 1.29 is 13.9 Å². The van der Waals surface area contributed by atoms with Crippen molar-refractivity contribution >= 4 is 6.09 Å². The molecule has 0 aliphatic carbocycles. The van der Waals surface area contributed by atoms with Crippen molar-refractivity contribution in [1.29, 1.82) is 0 Å². The second-order valence-corrected chi connectivity index (χ2v) is 7.73. The Hall–Kier alpha value is -0.880. The molecule has 2 N–H and O–H groups in total. The zero-order valence-corrected chi connectivity index (χ0v) is 14.1. The second kappa shape index (κ2) is 6.71. The molecular weight excluding hydrogens is 285 g/mol. The average molecular weight is 315 g/mol. The maximum Gasteiger partial charge on any atom is 0.410 e. The van der Waals surface area contributed by atoms with Crippen LogP contribution in [0.4, 0.5) is 9.18 Å². The topological polar surface area (TPSA) is 58.8 Å². The lowest BCUT2D eigenvalue weighted by Gasteiger charge is -2.44. The number of amides is 1. The van der Waals surface area contributed by atoms with Crippen molar-refractivity contribution in [1.82, 2.24) is 9.80 Å². The highest BCUT2D eigenvalue weighted by molar-refractivity contribution is 5.68. The Labute approximate surface area is 133 Å². The Morgan fingerprint density at radius 3 is 2.23 bits per heavy atom. The molecule has 0 atom stereocenters. The number of rotatable bonds is 2. The van der Waals surface area contributed by atoms with Crippen LogP contribution in [0.1, 0.15) is 46.5 Å². The van der Waals surface area contributed by atoms with Gasteiger partial charge in [-0.25, -0.2) is 9.18 Å². The van der Waals surface area contributed by atoms with Gasteiger partial charge in [0.1, 0.15) is 12.3 Å². The summed E-state index contributed by atoms with van der Waals surface area (Å²) in [6, 6.07) is 0.475. The van der Waals surface area contributed by atoms with Gasteiger partial charge in [-0.3, -0.25) is 0 Å². The molecular formula is C16H30FN3O2. The number of piperidine rings is 2. The van der Waals surface area contributed by atoms with Gasteiger partial charge in [0, 0.05) is 37.8 Å². The Morgan fingerprint density at radius 1 is 1.23 bits per heavy atom. The van der Waals surface area contributed by atoms with Crippen molar-refractivity contribution in [3.05, 3.63) is 0 Å². The predicted octanol–water partition coefficient (Wildman–Crippen LogP) is 2.15. The van der Waals surface area contributed by atoms with E-state index in [0.717, 1.165) is 51.9 Å². The highest BCUT2D eigenvalue weighted by Crippen LogP contribution is 2.26. The predicted molar refractivity (Wildman–Crippen MR) is 84.5 cm³/mol. The number of carbonyl (C=O) groups excluding carboxylic acids is 1. The van der Waals surface area contributed by atoms with Crippen LogP contribution in [0.3, 0.4) is 0 Å². The van der Waals surface area contributed by atoms with Crippen LogP contribution in [0.25, 0.3) is 0 Å². The average Bonchev–Trinajstić information content (AvgIpc) is 2.46. The van der Waals surface area contributed by atoms with Crippen LogP contribution < -0.4 is 5.73 Å². The molecule has 22 heavy (non-hydrogen) atoms. The number of nitrogens with zero attached hydrogens (tertiary/aromatic N) is 2. The number of likely N-dealkylation sites (tertiary alicyclic amines) is 2. The lowest BCUT2D eigenvalue weighted by Crippen LogP contribution is -2.56. The minimum absolute atomic E-state index is 0.219. The molecule has 1 amide bonds. The number of hydrogen-bond acceptors (Lipinski definition) is 4. The van der Waals surface area contributed by atoms with Crippen molar-refractivity contribution in [3.63, 3.8) is 0 Å². The number of hydrogen-bond donors (Lipinski definition) is 1. The zero-order chi connectivity index (χ0) is 16.4. The number of carbonyl (C=O) groups is 1. The lowest BCUT2D eigenvalue weighted by molar-refractivity contribution is 0.0106.